The van der Waals surface area contributed by atoms with Gasteiger partial charge in [-0.05, 0) is 29.8 Å². The van der Waals surface area contributed by atoms with E-state index in [0.717, 1.165) is 10.9 Å². The molecule has 0 amide bonds. The monoisotopic (exact) mass is 287 g/mol. The number of methoxy groups -OCH3 is 1. The van der Waals surface area contributed by atoms with Crippen LogP contribution < -0.4 is 5.30 Å². The molecule has 0 saturated heterocycles. The molecule has 0 aliphatic heterocycles. The van der Waals surface area contributed by atoms with Crippen LogP contribution in [0.2, 0.25) is 0 Å². The summed E-state index contributed by atoms with van der Waals surface area (Å²) >= 11 is 0. The Morgan fingerprint density at radius 2 is 1.75 bits per heavy atom. The van der Waals surface area contributed by atoms with Crippen LogP contribution in [0.25, 0.3) is 0 Å². The van der Waals surface area contributed by atoms with E-state index in [1.807, 2.05) is 18.2 Å². The minimum atomic E-state index is -2.17. The maximum absolute atomic E-state index is 12.0. The van der Waals surface area contributed by atoms with Gasteiger partial charge in [-0.3, -0.25) is 4.57 Å². The standard InChI is InChI=1S/C15H14NO3P/c1-19-15(17)13-9-7-12(8-10-13)11-16-20(18)14-5-3-2-4-6-14/h2-11,20H,1H3. The number of carbonyl (C=O) groups excluding carboxylic acids is 1. The van der Waals surface area contributed by atoms with E-state index in [4.69, 9.17) is 0 Å². The molecular formula is C15H14NO3P. The van der Waals surface area contributed by atoms with Crippen molar-refractivity contribution in [3.63, 3.8) is 0 Å². The van der Waals surface area contributed by atoms with E-state index < -0.39 is 7.95 Å². The molecule has 0 aliphatic rings. The molecule has 0 fully saturated rings. The Kier molecular flexibility index (Phi) is 4.85. The molecule has 102 valence electrons. The molecule has 1 unspecified atom stereocenters. The predicted molar refractivity (Wildman–Crippen MR) is 80.5 cm³/mol. The second-order valence-electron chi connectivity index (χ2n) is 4.04. The first kappa shape index (κ1) is 14.2. The highest BCUT2D eigenvalue weighted by molar-refractivity contribution is 7.52. The molecule has 0 radical (unpaired) electrons. The Hall–Kier alpha value is -2.19. The van der Waals surface area contributed by atoms with Crippen molar-refractivity contribution in [2.75, 3.05) is 7.11 Å². The highest BCUT2D eigenvalue weighted by atomic mass is 31.1. The molecule has 0 spiro atoms. The third-order valence-electron chi connectivity index (χ3n) is 2.68. The van der Waals surface area contributed by atoms with Crippen LogP contribution in [0.4, 0.5) is 0 Å². The molecule has 0 bridgehead atoms. The molecular weight excluding hydrogens is 273 g/mol. The summed E-state index contributed by atoms with van der Waals surface area (Å²) in [6.45, 7) is 0. The molecule has 2 aromatic carbocycles. The Balaban J connectivity index is 2.08. The Labute approximate surface area is 118 Å². The zero-order chi connectivity index (χ0) is 14.4. The summed E-state index contributed by atoms with van der Waals surface area (Å²) in [4.78, 5) is 11.3. The summed E-state index contributed by atoms with van der Waals surface area (Å²) in [5.74, 6) is -0.383. The number of hydrogen-bond acceptors (Lipinski definition) is 3. The van der Waals surface area contributed by atoms with Crippen molar-refractivity contribution in [1.29, 1.82) is 0 Å². The highest BCUT2D eigenvalue weighted by Gasteiger charge is 2.03. The fraction of sp³-hybridized carbons (Fsp3) is 0.0667. The Bertz CT molecular complexity index is 636. The van der Waals surface area contributed by atoms with E-state index >= 15 is 0 Å². The summed E-state index contributed by atoms with van der Waals surface area (Å²) in [7, 11) is -0.831. The fourth-order valence-electron chi connectivity index (χ4n) is 1.61. The lowest BCUT2D eigenvalue weighted by atomic mass is 10.1. The van der Waals surface area contributed by atoms with Gasteiger partial charge in [-0.25, -0.2) is 9.56 Å². The van der Waals surface area contributed by atoms with Crippen LogP contribution in [0, 0.1) is 0 Å². The van der Waals surface area contributed by atoms with Gasteiger partial charge in [0.25, 0.3) is 0 Å². The summed E-state index contributed by atoms with van der Waals surface area (Å²) < 4.78 is 20.6. The Morgan fingerprint density at radius 1 is 1.10 bits per heavy atom. The van der Waals surface area contributed by atoms with E-state index in [-0.39, 0.29) is 5.97 Å². The van der Waals surface area contributed by atoms with Crippen LogP contribution in [0.5, 0.6) is 0 Å². The van der Waals surface area contributed by atoms with E-state index in [0.29, 0.717) is 5.56 Å². The lowest BCUT2D eigenvalue weighted by molar-refractivity contribution is 0.0600. The van der Waals surface area contributed by atoms with Crippen molar-refractivity contribution in [2.24, 2.45) is 4.76 Å². The van der Waals surface area contributed by atoms with Crippen molar-refractivity contribution in [3.8, 4) is 0 Å². The second kappa shape index (κ2) is 6.83. The summed E-state index contributed by atoms with van der Waals surface area (Å²) in [5, 5.41) is 0.722. The van der Waals surface area contributed by atoms with Crippen LogP contribution >= 0.6 is 7.95 Å². The summed E-state index contributed by atoms with van der Waals surface area (Å²) in [6, 6.07) is 15.9. The number of esters is 1. The van der Waals surface area contributed by atoms with Gasteiger partial charge in [0.15, 0.2) is 0 Å². The fourth-order valence-corrected chi connectivity index (χ4v) is 2.50. The van der Waals surface area contributed by atoms with E-state index in [1.165, 1.54) is 7.11 Å². The third-order valence-corrected chi connectivity index (χ3v) is 3.87. The maximum atomic E-state index is 12.0. The summed E-state index contributed by atoms with van der Waals surface area (Å²) in [6.07, 6.45) is 1.55. The van der Waals surface area contributed by atoms with Crippen LogP contribution in [0.1, 0.15) is 15.9 Å². The van der Waals surface area contributed by atoms with E-state index in [9.17, 15) is 9.36 Å². The predicted octanol–water partition coefficient (Wildman–Crippen LogP) is 2.69. The first-order valence-electron chi connectivity index (χ1n) is 6.02. The first-order chi connectivity index (χ1) is 9.70. The van der Waals surface area contributed by atoms with Crippen molar-refractivity contribution in [1.82, 2.24) is 0 Å². The van der Waals surface area contributed by atoms with Gasteiger partial charge in [0.1, 0.15) is 0 Å². The SMILES string of the molecule is COC(=O)c1ccc(C=N[PH](=O)c2ccccc2)cc1. The van der Waals surface area contributed by atoms with Crippen LogP contribution in [-0.4, -0.2) is 19.3 Å². The topological polar surface area (TPSA) is 55.7 Å². The van der Waals surface area contributed by atoms with Gasteiger partial charge in [0, 0.05) is 11.5 Å². The molecule has 0 saturated carbocycles. The lowest BCUT2D eigenvalue weighted by Gasteiger charge is -1.99. The van der Waals surface area contributed by atoms with Crippen molar-refractivity contribution in [2.45, 2.75) is 0 Å². The minimum absolute atomic E-state index is 0.383. The average molecular weight is 287 g/mol. The van der Waals surface area contributed by atoms with Crippen molar-refractivity contribution >= 4 is 25.4 Å². The van der Waals surface area contributed by atoms with Crippen LogP contribution in [-0.2, 0) is 9.30 Å². The van der Waals surface area contributed by atoms with Gasteiger partial charge in [-0.1, -0.05) is 30.3 Å². The molecule has 1 atom stereocenters. The number of carbonyl (C=O) groups is 1. The number of hydrogen-bond donors (Lipinski definition) is 0. The van der Waals surface area contributed by atoms with Crippen LogP contribution in [0.3, 0.4) is 0 Å². The highest BCUT2D eigenvalue weighted by Crippen LogP contribution is 2.20. The van der Waals surface area contributed by atoms with E-state index in [2.05, 4.69) is 9.50 Å². The molecule has 0 heterocycles. The number of ether oxygens (including phenoxy) is 1. The minimum Gasteiger partial charge on any atom is -0.465 e. The number of rotatable bonds is 4. The van der Waals surface area contributed by atoms with Crippen molar-refractivity contribution in [3.05, 3.63) is 65.7 Å². The third kappa shape index (κ3) is 3.65. The number of nitrogens with zero attached hydrogens (tertiary/aromatic N) is 1. The largest absolute Gasteiger partial charge is 0.465 e. The zero-order valence-corrected chi connectivity index (χ0v) is 11.9. The first-order valence-corrected chi connectivity index (χ1v) is 7.38. The van der Waals surface area contributed by atoms with Gasteiger partial charge < -0.3 is 4.74 Å². The molecule has 0 aromatic heterocycles. The van der Waals surface area contributed by atoms with Gasteiger partial charge in [-0.15, -0.1) is 0 Å². The normalized spacial score (nSPS) is 12.2. The van der Waals surface area contributed by atoms with Gasteiger partial charge >= 0.3 is 5.97 Å². The molecule has 0 N–H and O–H groups in total. The van der Waals surface area contributed by atoms with Gasteiger partial charge in [-0.2, -0.15) is 0 Å². The average Bonchev–Trinajstić information content (AvgIpc) is 2.53. The van der Waals surface area contributed by atoms with Crippen molar-refractivity contribution < 1.29 is 14.1 Å². The molecule has 2 aromatic rings. The number of benzene rings is 2. The maximum Gasteiger partial charge on any atom is 0.337 e. The molecule has 20 heavy (non-hydrogen) atoms. The van der Waals surface area contributed by atoms with Gasteiger partial charge in [0.2, 0.25) is 7.95 Å². The summed E-state index contributed by atoms with van der Waals surface area (Å²) in [5.41, 5.74) is 1.26. The smallest absolute Gasteiger partial charge is 0.337 e. The van der Waals surface area contributed by atoms with Crippen LogP contribution in [0.15, 0.2) is 59.4 Å². The lowest BCUT2D eigenvalue weighted by Crippen LogP contribution is -2.00. The van der Waals surface area contributed by atoms with Gasteiger partial charge in [0.05, 0.1) is 12.7 Å². The Morgan fingerprint density at radius 3 is 2.35 bits per heavy atom. The molecule has 0 aliphatic carbocycles. The quantitative estimate of drug-likeness (QED) is 0.493. The van der Waals surface area contributed by atoms with E-state index in [1.54, 1.807) is 42.6 Å². The molecule has 5 heteroatoms. The molecule has 2 rings (SSSR count). The zero-order valence-electron chi connectivity index (χ0n) is 10.9. The molecule has 4 nitrogen and oxygen atoms in total. The second-order valence-corrected chi connectivity index (χ2v) is 5.49.